The molecule has 0 saturated carbocycles. The first kappa shape index (κ1) is 14.9. The minimum absolute atomic E-state index is 0.106. The third kappa shape index (κ3) is 3.67. The van der Waals surface area contributed by atoms with E-state index in [1.165, 1.54) is 13.2 Å². The van der Waals surface area contributed by atoms with Crippen molar-refractivity contribution in [3.05, 3.63) is 23.8 Å². The second kappa shape index (κ2) is 6.14. The minimum atomic E-state index is -3.58. The molecule has 0 aliphatic carbocycles. The number of ether oxygens (including phenoxy) is 1. The molecule has 0 amide bonds. The number of rotatable bonds is 6. The number of nitrogens with one attached hydrogen (secondary N) is 1. The lowest BCUT2D eigenvalue weighted by atomic mass is 10.2. The Morgan fingerprint density at radius 1 is 1.44 bits per heavy atom. The van der Waals surface area contributed by atoms with Gasteiger partial charge in [-0.15, -0.1) is 0 Å². The van der Waals surface area contributed by atoms with Gasteiger partial charge in [-0.25, -0.2) is 19.0 Å². The third-order valence-corrected chi connectivity index (χ3v) is 4.12. The van der Waals surface area contributed by atoms with Crippen LogP contribution < -0.4 is 15.4 Å². The van der Waals surface area contributed by atoms with E-state index in [0.717, 1.165) is 0 Å². The Morgan fingerprint density at radius 3 is 2.61 bits per heavy atom. The molecular weight excluding hydrogens is 256 g/mol. The highest BCUT2D eigenvalue weighted by Crippen LogP contribution is 2.20. The number of sulfonamides is 1. The molecule has 0 aliphatic heterocycles. The number of nitrogens with two attached hydrogens (primary N) is 1. The minimum Gasteiger partial charge on any atom is -0.497 e. The molecule has 0 spiro atoms. The van der Waals surface area contributed by atoms with Crippen molar-refractivity contribution in [1.82, 2.24) is 4.72 Å². The van der Waals surface area contributed by atoms with Crippen LogP contribution in [0.4, 0.5) is 0 Å². The Balaban J connectivity index is 2.98. The van der Waals surface area contributed by atoms with Crippen LogP contribution in [0.15, 0.2) is 23.1 Å². The van der Waals surface area contributed by atoms with Crippen LogP contribution in [0.25, 0.3) is 0 Å². The summed E-state index contributed by atoms with van der Waals surface area (Å²) in [6.07, 6.45) is 0. The van der Waals surface area contributed by atoms with Crippen LogP contribution >= 0.6 is 0 Å². The molecule has 0 aliphatic rings. The van der Waals surface area contributed by atoms with E-state index in [-0.39, 0.29) is 11.5 Å². The van der Waals surface area contributed by atoms with Gasteiger partial charge in [-0.1, -0.05) is 0 Å². The summed E-state index contributed by atoms with van der Waals surface area (Å²) in [6.45, 7) is 3.49. The molecule has 1 aromatic carbocycles. The van der Waals surface area contributed by atoms with Crippen molar-refractivity contribution in [3.63, 3.8) is 0 Å². The zero-order valence-electron chi connectivity index (χ0n) is 10.6. The van der Waals surface area contributed by atoms with Crippen LogP contribution in [0.1, 0.15) is 12.5 Å². The number of hydrogen-bond acceptors (Lipinski definition) is 5. The summed E-state index contributed by atoms with van der Waals surface area (Å²) in [5.41, 5.74) is 0.614. The van der Waals surface area contributed by atoms with Gasteiger partial charge in [0.25, 0.3) is 0 Å². The fourth-order valence-corrected chi connectivity index (χ4v) is 3.01. The molecule has 0 heterocycles. The van der Waals surface area contributed by atoms with Gasteiger partial charge in [-0.05, 0) is 37.6 Å². The molecule has 7 heteroatoms. The highest BCUT2D eigenvalue weighted by atomic mass is 32.2. The van der Waals surface area contributed by atoms with Crippen molar-refractivity contribution >= 4 is 10.0 Å². The average molecular weight is 274 g/mol. The van der Waals surface area contributed by atoms with Gasteiger partial charge in [-0.3, -0.25) is 0 Å². The lowest BCUT2D eigenvalue weighted by Gasteiger charge is -2.14. The second-order valence-electron chi connectivity index (χ2n) is 3.99. The number of aryl methyl sites for hydroxylation is 1. The van der Waals surface area contributed by atoms with Crippen molar-refractivity contribution < 1.29 is 18.0 Å². The van der Waals surface area contributed by atoms with Crippen LogP contribution in [0, 0.1) is 6.92 Å². The molecule has 18 heavy (non-hydrogen) atoms. The van der Waals surface area contributed by atoms with E-state index in [1.54, 1.807) is 26.0 Å². The quantitative estimate of drug-likeness (QED) is 0.740. The fraction of sp³-hybridized carbons (Fsp3) is 0.455. The predicted molar refractivity (Wildman–Crippen MR) is 67.7 cm³/mol. The molecule has 1 atom stereocenters. The van der Waals surface area contributed by atoms with Gasteiger partial charge in [0, 0.05) is 6.04 Å². The normalized spacial score (nSPS) is 13.3. The van der Waals surface area contributed by atoms with Crippen molar-refractivity contribution in [2.45, 2.75) is 24.8 Å². The Morgan fingerprint density at radius 2 is 2.11 bits per heavy atom. The molecule has 6 nitrogen and oxygen atoms in total. The first-order chi connectivity index (χ1) is 8.40. The molecular formula is C11H18N2O4S. The average Bonchev–Trinajstić information content (AvgIpc) is 2.27. The van der Waals surface area contributed by atoms with E-state index < -0.39 is 16.1 Å². The standard InChI is InChI=1S/C11H18N2O4S/c1-8-6-10(16-3)4-5-11(8)18(14,15)13-9(2)7-17-12/h4-6,9,13H,7,12H2,1-3H3. The molecule has 1 unspecified atom stereocenters. The molecule has 0 saturated heterocycles. The monoisotopic (exact) mass is 274 g/mol. The third-order valence-electron chi connectivity index (χ3n) is 2.37. The summed E-state index contributed by atoms with van der Waals surface area (Å²) in [7, 11) is -2.05. The fourth-order valence-electron chi connectivity index (χ4n) is 1.56. The van der Waals surface area contributed by atoms with Gasteiger partial charge < -0.3 is 9.57 Å². The maximum Gasteiger partial charge on any atom is 0.241 e. The first-order valence-electron chi connectivity index (χ1n) is 5.39. The van der Waals surface area contributed by atoms with Crippen LogP contribution in [0.2, 0.25) is 0 Å². The van der Waals surface area contributed by atoms with Gasteiger partial charge in [-0.2, -0.15) is 0 Å². The van der Waals surface area contributed by atoms with Gasteiger partial charge in [0.1, 0.15) is 5.75 Å². The van der Waals surface area contributed by atoms with E-state index in [0.29, 0.717) is 11.3 Å². The smallest absolute Gasteiger partial charge is 0.241 e. The summed E-state index contributed by atoms with van der Waals surface area (Å²) in [6, 6.07) is 4.37. The number of benzene rings is 1. The van der Waals surface area contributed by atoms with Gasteiger partial charge in [0.2, 0.25) is 10.0 Å². The summed E-state index contributed by atoms with van der Waals surface area (Å²) < 4.78 is 31.7. The summed E-state index contributed by atoms with van der Waals surface area (Å²) in [5.74, 6) is 5.52. The maximum absolute atomic E-state index is 12.1. The van der Waals surface area contributed by atoms with Crippen molar-refractivity contribution in [3.8, 4) is 5.75 Å². The Labute approximate surface area is 107 Å². The van der Waals surface area contributed by atoms with Crippen molar-refractivity contribution in [1.29, 1.82) is 0 Å². The van der Waals surface area contributed by atoms with E-state index in [4.69, 9.17) is 10.6 Å². The van der Waals surface area contributed by atoms with E-state index >= 15 is 0 Å². The van der Waals surface area contributed by atoms with Gasteiger partial charge in [0.05, 0.1) is 18.6 Å². The van der Waals surface area contributed by atoms with Gasteiger partial charge >= 0.3 is 0 Å². The van der Waals surface area contributed by atoms with Crippen LogP contribution in [-0.4, -0.2) is 28.2 Å². The van der Waals surface area contributed by atoms with Crippen LogP contribution in [0.3, 0.4) is 0 Å². The summed E-state index contributed by atoms with van der Waals surface area (Å²) >= 11 is 0. The molecule has 0 bridgehead atoms. The molecule has 102 valence electrons. The van der Waals surface area contributed by atoms with Crippen LogP contribution in [-0.2, 0) is 14.9 Å². The molecule has 0 aromatic heterocycles. The highest BCUT2D eigenvalue weighted by molar-refractivity contribution is 7.89. The van der Waals surface area contributed by atoms with Crippen molar-refractivity contribution in [2.75, 3.05) is 13.7 Å². The lowest BCUT2D eigenvalue weighted by molar-refractivity contribution is 0.124. The van der Waals surface area contributed by atoms with E-state index in [9.17, 15) is 8.42 Å². The summed E-state index contributed by atoms with van der Waals surface area (Å²) in [4.78, 5) is 4.62. The summed E-state index contributed by atoms with van der Waals surface area (Å²) in [5, 5.41) is 0. The highest BCUT2D eigenvalue weighted by Gasteiger charge is 2.19. The topological polar surface area (TPSA) is 90.7 Å². The zero-order chi connectivity index (χ0) is 13.8. The predicted octanol–water partition coefficient (Wildman–Crippen LogP) is 0.561. The molecule has 1 aromatic rings. The molecule has 1 rings (SSSR count). The lowest BCUT2D eigenvalue weighted by Crippen LogP contribution is -2.36. The Hall–Kier alpha value is -1.15. The zero-order valence-corrected chi connectivity index (χ0v) is 11.5. The van der Waals surface area contributed by atoms with Crippen LogP contribution in [0.5, 0.6) is 5.75 Å². The largest absolute Gasteiger partial charge is 0.497 e. The molecule has 0 radical (unpaired) electrons. The molecule has 3 N–H and O–H groups in total. The number of methoxy groups -OCH3 is 1. The maximum atomic E-state index is 12.1. The Kier molecular flexibility index (Phi) is 5.09. The van der Waals surface area contributed by atoms with Gasteiger partial charge in [0.15, 0.2) is 0 Å². The van der Waals surface area contributed by atoms with Crippen molar-refractivity contribution in [2.24, 2.45) is 5.90 Å². The Bertz CT molecular complexity index is 502. The second-order valence-corrected chi connectivity index (χ2v) is 5.67. The van der Waals surface area contributed by atoms with E-state index in [1.807, 2.05) is 0 Å². The SMILES string of the molecule is COc1ccc(S(=O)(=O)NC(C)CON)c(C)c1. The first-order valence-corrected chi connectivity index (χ1v) is 6.87. The van der Waals surface area contributed by atoms with E-state index in [2.05, 4.69) is 9.56 Å². The molecule has 0 fully saturated rings. The number of hydrogen-bond donors (Lipinski definition) is 2.